The Morgan fingerprint density at radius 3 is 2.57 bits per heavy atom. The van der Waals surface area contributed by atoms with E-state index in [2.05, 4.69) is 5.32 Å². The van der Waals surface area contributed by atoms with E-state index in [0.29, 0.717) is 21.3 Å². The van der Waals surface area contributed by atoms with Gasteiger partial charge in [0.2, 0.25) is 0 Å². The van der Waals surface area contributed by atoms with E-state index in [9.17, 15) is 9.90 Å². The summed E-state index contributed by atoms with van der Waals surface area (Å²) in [6.07, 6.45) is 1.91. The first kappa shape index (κ1) is 16.0. The molecule has 1 atom stereocenters. The van der Waals surface area contributed by atoms with Crippen LogP contribution >= 0.6 is 35.0 Å². The van der Waals surface area contributed by atoms with Crippen molar-refractivity contribution in [2.45, 2.75) is 10.9 Å². The summed E-state index contributed by atoms with van der Waals surface area (Å²) in [7, 11) is 0. The number of hydrogen-bond acceptors (Lipinski definition) is 3. The second-order valence-corrected chi connectivity index (χ2v) is 5.89. The molecule has 2 N–H and O–H groups in total. The highest BCUT2D eigenvalue weighted by atomic mass is 35.5. The molecule has 110 valence electrons. The van der Waals surface area contributed by atoms with Crippen LogP contribution in [0.5, 0.6) is 0 Å². The lowest BCUT2D eigenvalue weighted by Crippen LogP contribution is -2.21. The third kappa shape index (κ3) is 3.64. The molecule has 0 radical (unpaired) electrons. The van der Waals surface area contributed by atoms with Gasteiger partial charge in [-0.25, -0.2) is 4.79 Å². The van der Waals surface area contributed by atoms with Crippen LogP contribution in [0, 0.1) is 0 Å². The molecule has 0 heterocycles. The third-order valence-electron chi connectivity index (χ3n) is 2.95. The maximum absolute atomic E-state index is 11.6. The van der Waals surface area contributed by atoms with E-state index >= 15 is 0 Å². The maximum Gasteiger partial charge on any atom is 0.330 e. The van der Waals surface area contributed by atoms with Crippen molar-refractivity contribution in [1.29, 1.82) is 0 Å². The van der Waals surface area contributed by atoms with Gasteiger partial charge in [0.05, 0.1) is 15.7 Å². The molecule has 0 aliphatic heterocycles. The van der Waals surface area contributed by atoms with Gasteiger partial charge >= 0.3 is 5.97 Å². The molecule has 0 amide bonds. The zero-order valence-corrected chi connectivity index (χ0v) is 13.5. The molecule has 2 aromatic rings. The van der Waals surface area contributed by atoms with Gasteiger partial charge in [0.25, 0.3) is 0 Å². The lowest BCUT2D eigenvalue weighted by atomic mass is 10.1. The molecule has 0 aromatic heterocycles. The minimum atomic E-state index is -0.979. The van der Waals surface area contributed by atoms with E-state index in [1.807, 2.05) is 24.5 Å². The fraction of sp³-hybridized carbons (Fsp3) is 0.133. The van der Waals surface area contributed by atoms with Gasteiger partial charge in [-0.15, -0.1) is 11.8 Å². The van der Waals surface area contributed by atoms with Crippen molar-refractivity contribution in [3.8, 4) is 0 Å². The Kier molecular flexibility index (Phi) is 5.39. The van der Waals surface area contributed by atoms with E-state index in [0.717, 1.165) is 4.90 Å². The number of carboxylic acid groups (broad SMARTS) is 1. The Labute approximate surface area is 137 Å². The molecular formula is C15H13Cl2NO2S. The molecule has 21 heavy (non-hydrogen) atoms. The summed E-state index contributed by atoms with van der Waals surface area (Å²) in [6, 6.07) is 11.5. The van der Waals surface area contributed by atoms with Crippen LogP contribution in [0.3, 0.4) is 0 Å². The molecule has 0 saturated carbocycles. The number of anilines is 1. The summed E-state index contributed by atoms with van der Waals surface area (Å²) in [4.78, 5) is 12.5. The zero-order chi connectivity index (χ0) is 15.4. The Morgan fingerprint density at radius 1 is 1.19 bits per heavy atom. The van der Waals surface area contributed by atoms with Crippen molar-refractivity contribution in [2.24, 2.45) is 0 Å². The average molecular weight is 342 g/mol. The van der Waals surface area contributed by atoms with E-state index in [1.54, 1.807) is 24.3 Å². The first-order valence-corrected chi connectivity index (χ1v) is 8.09. The number of benzene rings is 2. The van der Waals surface area contributed by atoms with Crippen molar-refractivity contribution >= 4 is 46.6 Å². The maximum atomic E-state index is 11.6. The van der Waals surface area contributed by atoms with Crippen LogP contribution in [0.25, 0.3) is 0 Å². The molecular weight excluding hydrogens is 329 g/mol. The van der Waals surface area contributed by atoms with Crippen LogP contribution in [0.4, 0.5) is 5.69 Å². The highest BCUT2D eigenvalue weighted by Gasteiger charge is 2.23. The second-order valence-electron chi connectivity index (χ2n) is 4.26. The predicted octanol–water partition coefficient (Wildman–Crippen LogP) is 4.95. The SMILES string of the molecule is CSc1ccccc1C(Nc1cccc(Cl)c1Cl)C(=O)O. The number of carbonyl (C=O) groups is 1. The summed E-state index contributed by atoms with van der Waals surface area (Å²) >= 11 is 13.6. The number of halogens is 2. The molecule has 0 bridgehead atoms. The summed E-state index contributed by atoms with van der Waals surface area (Å²) in [5.74, 6) is -0.979. The molecule has 0 fully saturated rings. The topological polar surface area (TPSA) is 49.3 Å². The molecule has 2 aromatic carbocycles. The molecule has 0 aliphatic carbocycles. The summed E-state index contributed by atoms with van der Waals surface area (Å²) < 4.78 is 0. The number of thioether (sulfide) groups is 1. The van der Waals surface area contributed by atoms with Gasteiger partial charge in [-0.1, -0.05) is 47.5 Å². The number of nitrogens with one attached hydrogen (secondary N) is 1. The van der Waals surface area contributed by atoms with E-state index in [4.69, 9.17) is 23.2 Å². The zero-order valence-electron chi connectivity index (χ0n) is 11.1. The minimum absolute atomic E-state index is 0.312. The highest BCUT2D eigenvalue weighted by molar-refractivity contribution is 7.98. The summed E-state index contributed by atoms with van der Waals surface area (Å²) in [5, 5.41) is 13.2. The molecule has 2 rings (SSSR count). The quantitative estimate of drug-likeness (QED) is 0.755. The van der Waals surface area contributed by atoms with Gasteiger partial charge in [0, 0.05) is 4.90 Å². The van der Waals surface area contributed by atoms with Crippen LogP contribution < -0.4 is 5.32 Å². The monoisotopic (exact) mass is 341 g/mol. The largest absolute Gasteiger partial charge is 0.479 e. The van der Waals surface area contributed by atoms with Crippen LogP contribution in [0.1, 0.15) is 11.6 Å². The van der Waals surface area contributed by atoms with Crippen LogP contribution in [-0.4, -0.2) is 17.3 Å². The van der Waals surface area contributed by atoms with Gasteiger partial charge in [0.1, 0.15) is 0 Å². The van der Waals surface area contributed by atoms with Crippen LogP contribution in [-0.2, 0) is 4.79 Å². The van der Waals surface area contributed by atoms with E-state index in [1.165, 1.54) is 11.8 Å². The van der Waals surface area contributed by atoms with Gasteiger partial charge in [-0.3, -0.25) is 0 Å². The minimum Gasteiger partial charge on any atom is -0.479 e. The van der Waals surface area contributed by atoms with Crippen molar-refractivity contribution in [2.75, 3.05) is 11.6 Å². The fourth-order valence-electron chi connectivity index (χ4n) is 1.95. The van der Waals surface area contributed by atoms with Crippen molar-refractivity contribution in [3.63, 3.8) is 0 Å². The highest BCUT2D eigenvalue weighted by Crippen LogP contribution is 2.34. The number of rotatable bonds is 5. The Bertz CT molecular complexity index is 664. The van der Waals surface area contributed by atoms with E-state index < -0.39 is 12.0 Å². The Morgan fingerprint density at radius 2 is 1.90 bits per heavy atom. The van der Waals surface area contributed by atoms with Gasteiger partial charge < -0.3 is 10.4 Å². The number of hydrogen-bond donors (Lipinski definition) is 2. The first-order valence-electron chi connectivity index (χ1n) is 6.11. The summed E-state index contributed by atoms with van der Waals surface area (Å²) in [5.41, 5.74) is 1.18. The third-order valence-corrected chi connectivity index (χ3v) is 4.58. The number of aliphatic carboxylic acids is 1. The van der Waals surface area contributed by atoms with Crippen molar-refractivity contribution < 1.29 is 9.90 Å². The Balaban J connectivity index is 2.41. The second kappa shape index (κ2) is 7.07. The van der Waals surface area contributed by atoms with Crippen molar-refractivity contribution in [1.82, 2.24) is 0 Å². The van der Waals surface area contributed by atoms with Gasteiger partial charge in [-0.2, -0.15) is 0 Å². The predicted molar refractivity (Wildman–Crippen MR) is 88.7 cm³/mol. The molecule has 0 spiro atoms. The fourth-order valence-corrected chi connectivity index (χ4v) is 2.94. The standard InChI is InChI=1S/C15H13Cl2NO2S/c1-21-12-8-3-2-5-9(12)14(15(19)20)18-11-7-4-6-10(16)13(11)17/h2-8,14,18H,1H3,(H,19,20). The van der Waals surface area contributed by atoms with Crippen LogP contribution in [0.2, 0.25) is 10.0 Å². The first-order chi connectivity index (χ1) is 10.0. The smallest absolute Gasteiger partial charge is 0.330 e. The molecule has 6 heteroatoms. The van der Waals surface area contributed by atoms with Crippen LogP contribution in [0.15, 0.2) is 47.4 Å². The Hall–Kier alpha value is -1.36. The van der Waals surface area contributed by atoms with Crippen molar-refractivity contribution in [3.05, 3.63) is 58.1 Å². The van der Waals surface area contributed by atoms with Gasteiger partial charge in [0.15, 0.2) is 6.04 Å². The average Bonchev–Trinajstić information content (AvgIpc) is 2.48. The molecule has 0 saturated heterocycles. The van der Waals surface area contributed by atoms with Gasteiger partial charge in [-0.05, 0) is 30.0 Å². The lowest BCUT2D eigenvalue weighted by molar-refractivity contribution is -0.138. The number of carboxylic acids is 1. The normalized spacial score (nSPS) is 12.0. The lowest BCUT2D eigenvalue weighted by Gasteiger charge is -2.19. The molecule has 1 unspecified atom stereocenters. The van der Waals surface area contributed by atoms with E-state index in [-0.39, 0.29) is 0 Å². The molecule has 3 nitrogen and oxygen atoms in total. The summed E-state index contributed by atoms with van der Waals surface area (Å²) in [6.45, 7) is 0. The molecule has 0 aliphatic rings.